The SMILES string of the molecule is CCCC(C#N)(CCC)C(=O)NCCCS(N)(=O)=O. The molecule has 7 heteroatoms. The van der Waals surface area contributed by atoms with E-state index in [1.54, 1.807) is 0 Å². The van der Waals surface area contributed by atoms with Crippen LogP contribution in [0.3, 0.4) is 0 Å². The molecule has 0 saturated heterocycles. The second-order valence-corrected chi connectivity index (χ2v) is 6.40. The van der Waals surface area contributed by atoms with Crippen LogP contribution in [0.4, 0.5) is 0 Å². The van der Waals surface area contributed by atoms with E-state index < -0.39 is 15.4 Å². The summed E-state index contributed by atoms with van der Waals surface area (Å²) in [6.07, 6.45) is 2.78. The Morgan fingerprint density at radius 3 is 2.21 bits per heavy atom. The molecule has 19 heavy (non-hydrogen) atoms. The van der Waals surface area contributed by atoms with Crippen molar-refractivity contribution in [2.45, 2.75) is 46.0 Å². The second kappa shape index (κ2) is 8.12. The van der Waals surface area contributed by atoms with Crippen molar-refractivity contribution in [3.8, 4) is 6.07 Å². The molecule has 0 heterocycles. The summed E-state index contributed by atoms with van der Waals surface area (Å²) >= 11 is 0. The van der Waals surface area contributed by atoms with Gasteiger partial charge in [0.15, 0.2) is 0 Å². The van der Waals surface area contributed by atoms with Crippen LogP contribution in [0.15, 0.2) is 0 Å². The molecule has 0 aromatic carbocycles. The quantitative estimate of drug-likeness (QED) is 0.614. The molecule has 0 rings (SSSR count). The van der Waals surface area contributed by atoms with Gasteiger partial charge in [0.25, 0.3) is 0 Å². The van der Waals surface area contributed by atoms with E-state index in [0.717, 1.165) is 12.8 Å². The average molecular weight is 289 g/mol. The number of primary sulfonamides is 1. The zero-order valence-corrected chi connectivity index (χ0v) is 12.4. The van der Waals surface area contributed by atoms with Gasteiger partial charge in [0.2, 0.25) is 15.9 Å². The first kappa shape index (κ1) is 17.9. The zero-order valence-electron chi connectivity index (χ0n) is 11.6. The van der Waals surface area contributed by atoms with Crippen molar-refractivity contribution in [2.24, 2.45) is 10.6 Å². The summed E-state index contributed by atoms with van der Waals surface area (Å²) in [7, 11) is -3.50. The summed E-state index contributed by atoms with van der Waals surface area (Å²) in [4.78, 5) is 12.1. The molecule has 0 radical (unpaired) electrons. The van der Waals surface area contributed by atoms with E-state index in [0.29, 0.717) is 12.8 Å². The van der Waals surface area contributed by atoms with Crippen LogP contribution in [0.1, 0.15) is 46.0 Å². The van der Waals surface area contributed by atoms with Crippen LogP contribution in [0.2, 0.25) is 0 Å². The van der Waals surface area contributed by atoms with Gasteiger partial charge in [0, 0.05) is 6.54 Å². The van der Waals surface area contributed by atoms with Gasteiger partial charge in [0.1, 0.15) is 5.41 Å². The molecule has 0 aliphatic rings. The van der Waals surface area contributed by atoms with E-state index in [2.05, 4.69) is 11.4 Å². The van der Waals surface area contributed by atoms with Gasteiger partial charge in [-0.2, -0.15) is 5.26 Å². The number of nitriles is 1. The summed E-state index contributed by atoms with van der Waals surface area (Å²) in [5.74, 6) is -0.484. The highest BCUT2D eigenvalue weighted by Gasteiger charge is 2.36. The molecule has 0 atom stereocenters. The molecule has 3 N–H and O–H groups in total. The molecule has 0 saturated carbocycles. The van der Waals surface area contributed by atoms with Gasteiger partial charge in [-0.25, -0.2) is 13.6 Å². The monoisotopic (exact) mass is 289 g/mol. The molecule has 0 aliphatic heterocycles. The van der Waals surface area contributed by atoms with Gasteiger partial charge >= 0.3 is 0 Å². The Bertz CT molecular complexity index is 420. The predicted octanol–water partition coefficient (Wildman–Crippen LogP) is 0.891. The lowest BCUT2D eigenvalue weighted by Gasteiger charge is -2.24. The van der Waals surface area contributed by atoms with Gasteiger partial charge in [0.05, 0.1) is 11.8 Å². The number of nitrogens with zero attached hydrogens (tertiary/aromatic N) is 1. The smallest absolute Gasteiger partial charge is 0.240 e. The van der Waals surface area contributed by atoms with Gasteiger partial charge in [-0.1, -0.05) is 26.7 Å². The molecule has 0 fully saturated rings. The third-order valence-corrected chi connectivity index (χ3v) is 3.75. The van der Waals surface area contributed by atoms with Crippen LogP contribution in [0.5, 0.6) is 0 Å². The van der Waals surface area contributed by atoms with E-state index in [4.69, 9.17) is 5.14 Å². The molecule has 0 bridgehead atoms. The molecule has 0 spiro atoms. The lowest BCUT2D eigenvalue weighted by Crippen LogP contribution is -2.41. The third-order valence-electron chi connectivity index (χ3n) is 2.89. The van der Waals surface area contributed by atoms with Crippen molar-refractivity contribution in [3.05, 3.63) is 0 Å². The number of amides is 1. The van der Waals surface area contributed by atoms with Crippen molar-refractivity contribution in [3.63, 3.8) is 0 Å². The minimum absolute atomic E-state index is 0.172. The Labute approximate surface area is 115 Å². The fraction of sp³-hybridized carbons (Fsp3) is 0.833. The first-order valence-electron chi connectivity index (χ1n) is 6.51. The number of sulfonamides is 1. The zero-order chi connectivity index (χ0) is 14.9. The number of hydrogen-bond acceptors (Lipinski definition) is 4. The molecule has 0 aromatic rings. The number of nitrogens with two attached hydrogens (primary N) is 1. The minimum Gasteiger partial charge on any atom is -0.355 e. The van der Waals surface area contributed by atoms with E-state index in [-0.39, 0.29) is 24.6 Å². The Balaban J connectivity index is 4.46. The Kier molecular flexibility index (Phi) is 7.64. The summed E-state index contributed by atoms with van der Waals surface area (Å²) < 4.78 is 21.5. The molecule has 6 nitrogen and oxygen atoms in total. The largest absolute Gasteiger partial charge is 0.355 e. The fourth-order valence-electron chi connectivity index (χ4n) is 2.01. The molecule has 110 valence electrons. The van der Waals surface area contributed by atoms with Crippen LogP contribution < -0.4 is 10.5 Å². The van der Waals surface area contributed by atoms with Crippen LogP contribution in [-0.2, 0) is 14.8 Å². The van der Waals surface area contributed by atoms with E-state index in [9.17, 15) is 18.5 Å². The molecule has 0 aromatic heterocycles. The summed E-state index contributed by atoms with van der Waals surface area (Å²) in [6, 6.07) is 2.12. The van der Waals surface area contributed by atoms with Crippen LogP contribution >= 0.6 is 0 Å². The van der Waals surface area contributed by atoms with Crippen LogP contribution in [-0.4, -0.2) is 26.6 Å². The maximum absolute atomic E-state index is 12.1. The molecule has 1 amide bonds. The van der Waals surface area contributed by atoms with Crippen LogP contribution in [0, 0.1) is 16.7 Å². The second-order valence-electron chi connectivity index (χ2n) is 4.67. The standard InChI is InChI=1S/C12H23N3O3S/c1-3-6-12(10-13,7-4-2)11(16)15-8-5-9-19(14,17)18/h3-9H2,1-2H3,(H,15,16)(H2,14,17,18). The first-order chi connectivity index (χ1) is 8.81. The van der Waals surface area contributed by atoms with Crippen molar-refractivity contribution >= 4 is 15.9 Å². The van der Waals surface area contributed by atoms with Gasteiger partial charge in [-0.05, 0) is 19.3 Å². The summed E-state index contributed by atoms with van der Waals surface area (Å²) in [5.41, 5.74) is -0.995. The lowest BCUT2D eigenvalue weighted by atomic mass is 9.80. The highest BCUT2D eigenvalue weighted by Crippen LogP contribution is 2.29. The van der Waals surface area contributed by atoms with Gasteiger partial charge in [-0.15, -0.1) is 0 Å². The number of hydrogen-bond donors (Lipinski definition) is 2. The molecular formula is C12H23N3O3S. The number of carbonyl (C=O) groups excluding carboxylic acids is 1. The number of carbonyl (C=O) groups is 1. The first-order valence-corrected chi connectivity index (χ1v) is 8.23. The Morgan fingerprint density at radius 1 is 1.32 bits per heavy atom. The molecule has 0 unspecified atom stereocenters. The summed E-state index contributed by atoms with van der Waals surface area (Å²) in [5, 5.41) is 16.8. The van der Waals surface area contributed by atoms with Crippen LogP contribution in [0.25, 0.3) is 0 Å². The number of nitrogens with one attached hydrogen (secondary N) is 1. The maximum atomic E-state index is 12.1. The van der Waals surface area contributed by atoms with E-state index >= 15 is 0 Å². The van der Waals surface area contributed by atoms with Crippen molar-refractivity contribution in [1.82, 2.24) is 5.32 Å². The van der Waals surface area contributed by atoms with E-state index in [1.807, 2.05) is 13.8 Å². The topological polar surface area (TPSA) is 113 Å². The lowest BCUT2D eigenvalue weighted by molar-refractivity contribution is -0.128. The normalized spacial score (nSPS) is 11.9. The predicted molar refractivity (Wildman–Crippen MR) is 73.5 cm³/mol. The maximum Gasteiger partial charge on any atom is 0.240 e. The van der Waals surface area contributed by atoms with Gasteiger partial charge in [-0.3, -0.25) is 4.79 Å². The van der Waals surface area contributed by atoms with Gasteiger partial charge < -0.3 is 5.32 Å². The Hall–Kier alpha value is -1.13. The van der Waals surface area contributed by atoms with E-state index in [1.165, 1.54) is 0 Å². The van der Waals surface area contributed by atoms with Crippen molar-refractivity contribution in [1.29, 1.82) is 5.26 Å². The molecule has 0 aliphatic carbocycles. The summed E-state index contributed by atoms with van der Waals surface area (Å²) in [6.45, 7) is 4.07. The highest BCUT2D eigenvalue weighted by atomic mass is 32.2. The highest BCUT2D eigenvalue weighted by molar-refractivity contribution is 7.89. The Morgan fingerprint density at radius 2 is 1.84 bits per heavy atom. The average Bonchev–Trinajstić information content (AvgIpc) is 2.32. The minimum atomic E-state index is -3.50. The fourth-order valence-corrected chi connectivity index (χ4v) is 2.56. The van der Waals surface area contributed by atoms with Crippen molar-refractivity contribution in [2.75, 3.05) is 12.3 Å². The van der Waals surface area contributed by atoms with Crippen molar-refractivity contribution < 1.29 is 13.2 Å². The number of rotatable bonds is 9. The third kappa shape index (κ3) is 6.55. The molecular weight excluding hydrogens is 266 g/mol.